The fraction of sp³-hybridized carbons (Fsp3) is 0.182. The Bertz CT molecular complexity index is 1160. The van der Waals surface area contributed by atoms with Crippen molar-refractivity contribution >= 4 is 17.2 Å². The summed E-state index contributed by atoms with van der Waals surface area (Å²) in [4.78, 5) is 17.7. The first-order valence-electron chi connectivity index (χ1n) is 9.50. The number of nitrogens with one attached hydrogen (secondary N) is 2. The van der Waals surface area contributed by atoms with Gasteiger partial charge in [0.15, 0.2) is 0 Å². The predicted molar refractivity (Wildman–Crippen MR) is 116 cm³/mol. The third-order valence-electron chi connectivity index (χ3n) is 4.60. The average Bonchev–Trinajstić information content (AvgIpc) is 3.40. The summed E-state index contributed by atoms with van der Waals surface area (Å²) in [5.74, 6) is -0.131. The Labute approximate surface area is 178 Å². The minimum atomic E-state index is -0.131. The van der Waals surface area contributed by atoms with Crippen LogP contribution in [0.2, 0.25) is 0 Å². The minimum absolute atomic E-state index is 0.131. The van der Waals surface area contributed by atoms with Gasteiger partial charge in [-0.25, -0.2) is 4.98 Å². The lowest BCUT2D eigenvalue weighted by molar-refractivity contribution is 0.0960. The van der Waals surface area contributed by atoms with Gasteiger partial charge in [0.05, 0.1) is 23.9 Å². The summed E-state index contributed by atoms with van der Waals surface area (Å²) in [6, 6.07) is 11.4. The molecule has 7 nitrogen and oxygen atoms in total. The number of dihydropyridines is 1. The van der Waals surface area contributed by atoms with Gasteiger partial charge in [0.2, 0.25) is 0 Å². The molecule has 8 heteroatoms. The second kappa shape index (κ2) is 8.76. The number of rotatable bonds is 6. The van der Waals surface area contributed by atoms with Crippen LogP contribution in [0.4, 0.5) is 0 Å². The lowest BCUT2D eigenvalue weighted by atomic mass is 10.1. The highest BCUT2D eigenvalue weighted by Gasteiger charge is 2.17. The Hall–Kier alpha value is -3.70. The van der Waals surface area contributed by atoms with E-state index in [0.29, 0.717) is 29.2 Å². The molecule has 1 amide bonds. The van der Waals surface area contributed by atoms with E-state index in [2.05, 4.69) is 26.8 Å². The molecule has 1 aliphatic heterocycles. The van der Waals surface area contributed by atoms with Crippen molar-refractivity contribution in [1.82, 2.24) is 25.4 Å². The molecule has 0 saturated carbocycles. The van der Waals surface area contributed by atoms with Crippen LogP contribution in [0.5, 0.6) is 0 Å². The Morgan fingerprint density at radius 1 is 1.33 bits per heavy atom. The second-order valence-corrected chi connectivity index (χ2v) is 7.85. The van der Waals surface area contributed by atoms with Crippen LogP contribution >= 0.6 is 11.3 Å². The van der Waals surface area contributed by atoms with Crippen LogP contribution in [-0.4, -0.2) is 33.8 Å². The third kappa shape index (κ3) is 4.47. The molecule has 0 fully saturated rings. The fourth-order valence-corrected chi connectivity index (χ4v) is 3.99. The number of aryl methyl sites for hydroxylation is 1. The van der Waals surface area contributed by atoms with Gasteiger partial charge in [0.25, 0.3) is 5.91 Å². The number of nitrogens with zero attached hydrogens (tertiary/aromatic N) is 4. The molecule has 1 aromatic carbocycles. The van der Waals surface area contributed by atoms with E-state index < -0.39 is 0 Å². The maximum absolute atomic E-state index is 12.6. The molecule has 0 radical (unpaired) electrons. The van der Waals surface area contributed by atoms with Crippen LogP contribution in [0.3, 0.4) is 0 Å². The maximum atomic E-state index is 12.6. The van der Waals surface area contributed by atoms with Gasteiger partial charge in [-0.2, -0.15) is 10.4 Å². The second-order valence-electron chi connectivity index (χ2n) is 6.85. The maximum Gasteiger partial charge on any atom is 0.263 e. The summed E-state index contributed by atoms with van der Waals surface area (Å²) in [6.07, 6.45) is 7.82. The number of aromatic nitrogens is 3. The summed E-state index contributed by atoms with van der Waals surface area (Å²) in [7, 11) is 0. The highest BCUT2D eigenvalue weighted by atomic mass is 32.1. The summed E-state index contributed by atoms with van der Waals surface area (Å²) in [5, 5.41) is 20.3. The predicted octanol–water partition coefficient (Wildman–Crippen LogP) is 3.01. The molecule has 0 atom stereocenters. The van der Waals surface area contributed by atoms with E-state index in [-0.39, 0.29) is 5.91 Å². The number of nitriles is 1. The fourth-order valence-electron chi connectivity index (χ4n) is 3.04. The van der Waals surface area contributed by atoms with Gasteiger partial charge < -0.3 is 10.6 Å². The molecule has 150 valence electrons. The van der Waals surface area contributed by atoms with Crippen molar-refractivity contribution in [2.45, 2.75) is 13.5 Å². The molecule has 3 heterocycles. The van der Waals surface area contributed by atoms with E-state index in [0.717, 1.165) is 28.4 Å². The van der Waals surface area contributed by atoms with Crippen molar-refractivity contribution in [1.29, 1.82) is 5.26 Å². The molecule has 2 aromatic heterocycles. The Morgan fingerprint density at radius 3 is 2.90 bits per heavy atom. The van der Waals surface area contributed by atoms with Gasteiger partial charge in [-0.15, -0.1) is 11.3 Å². The molecule has 0 aliphatic carbocycles. The molecule has 4 rings (SSSR count). The zero-order chi connectivity index (χ0) is 20.9. The lowest BCUT2D eigenvalue weighted by Crippen LogP contribution is -2.26. The molecule has 0 spiro atoms. The number of carbonyl (C=O) groups is 1. The average molecular weight is 417 g/mol. The van der Waals surface area contributed by atoms with Crippen molar-refractivity contribution in [2.75, 3.05) is 13.1 Å². The van der Waals surface area contributed by atoms with E-state index in [9.17, 15) is 4.79 Å². The number of hydrogen-bond acceptors (Lipinski definition) is 6. The monoisotopic (exact) mass is 416 g/mol. The molecule has 0 unspecified atom stereocenters. The largest absolute Gasteiger partial charge is 0.387 e. The zero-order valence-electron chi connectivity index (χ0n) is 16.4. The normalized spacial score (nSPS) is 12.7. The van der Waals surface area contributed by atoms with Gasteiger partial charge in [-0.3, -0.25) is 9.48 Å². The topological polar surface area (TPSA) is 95.6 Å². The van der Waals surface area contributed by atoms with Gasteiger partial charge in [-0.1, -0.05) is 24.3 Å². The first-order chi connectivity index (χ1) is 14.6. The van der Waals surface area contributed by atoms with Crippen LogP contribution in [-0.2, 0) is 6.54 Å². The Morgan fingerprint density at radius 2 is 2.17 bits per heavy atom. The lowest BCUT2D eigenvalue weighted by Gasteiger charge is -2.09. The van der Waals surface area contributed by atoms with Crippen molar-refractivity contribution in [3.8, 4) is 16.8 Å². The standard InChI is InChI=1S/C22H20N6OS/c1-15-20(21(29)25-13-18-3-2-9-24-12-18)30-22(26-15)19-8-10-28(27-19)14-17-6-4-16(11-23)5-7-17/h2-8,10,12,24H,9,13-14H2,1H3,(H,25,29). The summed E-state index contributed by atoms with van der Waals surface area (Å²) in [5.41, 5.74) is 4.15. The van der Waals surface area contributed by atoms with Crippen molar-refractivity contribution in [3.63, 3.8) is 0 Å². The van der Waals surface area contributed by atoms with E-state index in [1.807, 2.05) is 54.4 Å². The van der Waals surface area contributed by atoms with E-state index in [1.165, 1.54) is 11.3 Å². The van der Waals surface area contributed by atoms with E-state index in [1.54, 1.807) is 12.1 Å². The van der Waals surface area contributed by atoms with Crippen molar-refractivity contribution in [3.05, 3.63) is 82.2 Å². The first-order valence-corrected chi connectivity index (χ1v) is 10.3. The van der Waals surface area contributed by atoms with Crippen LogP contribution < -0.4 is 10.6 Å². The van der Waals surface area contributed by atoms with Gasteiger partial charge in [-0.05, 0) is 36.3 Å². The highest BCUT2D eigenvalue weighted by molar-refractivity contribution is 7.17. The van der Waals surface area contributed by atoms with Gasteiger partial charge in [0.1, 0.15) is 15.6 Å². The molecular weight excluding hydrogens is 396 g/mol. The molecule has 3 aromatic rings. The Kier molecular flexibility index (Phi) is 5.72. The number of thiazole rings is 1. The number of hydrogen-bond donors (Lipinski definition) is 2. The molecule has 2 N–H and O–H groups in total. The van der Waals surface area contributed by atoms with Crippen LogP contribution in [0.1, 0.15) is 26.5 Å². The Balaban J connectivity index is 1.43. The molecule has 1 aliphatic rings. The summed E-state index contributed by atoms with van der Waals surface area (Å²) >= 11 is 1.34. The molecule has 0 bridgehead atoms. The summed E-state index contributed by atoms with van der Waals surface area (Å²) < 4.78 is 1.82. The molecule has 0 saturated heterocycles. The van der Waals surface area contributed by atoms with Crippen molar-refractivity contribution in [2.24, 2.45) is 0 Å². The summed E-state index contributed by atoms with van der Waals surface area (Å²) in [6.45, 7) is 3.71. The van der Waals surface area contributed by atoms with Crippen LogP contribution in [0, 0.1) is 18.3 Å². The highest BCUT2D eigenvalue weighted by Crippen LogP contribution is 2.26. The van der Waals surface area contributed by atoms with E-state index >= 15 is 0 Å². The van der Waals surface area contributed by atoms with Crippen LogP contribution in [0.15, 0.2) is 60.5 Å². The smallest absolute Gasteiger partial charge is 0.263 e. The third-order valence-corrected chi connectivity index (χ3v) is 5.78. The van der Waals surface area contributed by atoms with Gasteiger partial charge >= 0.3 is 0 Å². The number of amides is 1. The SMILES string of the molecule is Cc1nc(-c2ccn(Cc3ccc(C#N)cc3)n2)sc1C(=O)NCC1=CNCC=C1. The minimum Gasteiger partial charge on any atom is -0.387 e. The number of carbonyl (C=O) groups excluding carboxylic acids is 1. The molecular formula is C22H20N6OS. The molecule has 30 heavy (non-hydrogen) atoms. The quantitative estimate of drug-likeness (QED) is 0.644. The first kappa shape index (κ1) is 19.6. The zero-order valence-corrected chi connectivity index (χ0v) is 17.2. The van der Waals surface area contributed by atoms with Crippen LogP contribution in [0.25, 0.3) is 10.7 Å². The van der Waals surface area contributed by atoms with E-state index in [4.69, 9.17) is 5.26 Å². The van der Waals surface area contributed by atoms with Crippen molar-refractivity contribution < 1.29 is 4.79 Å². The van der Waals surface area contributed by atoms with Gasteiger partial charge in [0, 0.05) is 25.5 Å². The number of benzene rings is 1.